The molecule has 2 aliphatic rings. The van der Waals surface area contributed by atoms with Crippen molar-refractivity contribution in [3.05, 3.63) is 59.4 Å². The van der Waals surface area contributed by atoms with E-state index < -0.39 is 0 Å². The predicted octanol–water partition coefficient (Wildman–Crippen LogP) is 2.75. The summed E-state index contributed by atoms with van der Waals surface area (Å²) in [5, 5.41) is 7.09. The van der Waals surface area contributed by atoms with Gasteiger partial charge >= 0.3 is 0 Å². The number of fused-ring (bicyclic) bond motifs is 1. The van der Waals surface area contributed by atoms with E-state index >= 15 is 0 Å². The number of amides is 2. The average Bonchev–Trinajstić information content (AvgIpc) is 2.69. The van der Waals surface area contributed by atoms with Gasteiger partial charge in [-0.05, 0) is 48.6 Å². The number of carbonyl (C=O) groups is 2. The third-order valence-electron chi connectivity index (χ3n) is 4.90. The molecule has 6 heteroatoms. The smallest absolute Gasteiger partial charge is 0.240 e. The highest BCUT2D eigenvalue weighted by Gasteiger charge is 2.27. The van der Waals surface area contributed by atoms with Crippen LogP contribution in [0.5, 0.6) is 0 Å². The molecule has 0 fully saturated rings. The molecule has 0 radical (unpaired) electrons. The van der Waals surface area contributed by atoms with E-state index in [1.165, 1.54) is 5.56 Å². The Balaban J connectivity index is 1.46. The molecule has 1 aromatic heterocycles. The van der Waals surface area contributed by atoms with E-state index in [1.54, 1.807) is 6.20 Å². The molecule has 26 heavy (non-hydrogen) atoms. The van der Waals surface area contributed by atoms with Gasteiger partial charge in [-0.1, -0.05) is 18.2 Å². The first-order valence-electron chi connectivity index (χ1n) is 8.91. The standard InChI is InChI=1S/C20H20N4O2/c25-18-11-10-17(23-24-18)13-6-8-15(9-7-13)22-20(26)16-5-1-3-14-4-2-12-21-19(14)16/h2,4,6-9,12,16H,1,3,5,10-11H2,(H,22,26)(H,24,25)/t16-/m1/s1. The first kappa shape index (κ1) is 16.4. The molecule has 0 spiro atoms. The number of rotatable bonds is 3. The lowest BCUT2D eigenvalue weighted by Crippen LogP contribution is -2.26. The molecule has 2 N–H and O–H groups in total. The van der Waals surface area contributed by atoms with Gasteiger partial charge in [-0.2, -0.15) is 5.10 Å². The second-order valence-electron chi connectivity index (χ2n) is 6.65. The summed E-state index contributed by atoms with van der Waals surface area (Å²) in [5.41, 5.74) is 7.14. The zero-order valence-electron chi connectivity index (χ0n) is 14.4. The minimum absolute atomic E-state index is 0.0142. The molecule has 1 atom stereocenters. The summed E-state index contributed by atoms with van der Waals surface area (Å²) in [6.07, 6.45) is 5.64. The van der Waals surface area contributed by atoms with Crippen LogP contribution in [0.15, 0.2) is 47.7 Å². The number of anilines is 1. The normalized spacial score (nSPS) is 19.2. The predicted molar refractivity (Wildman–Crippen MR) is 98.9 cm³/mol. The number of aromatic nitrogens is 1. The highest BCUT2D eigenvalue weighted by Crippen LogP contribution is 2.30. The number of pyridine rings is 1. The monoisotopic (exact) mass is 348 g/mol. The quantitative estimate of drug-likeness (QED) is 0.895. The molecule has 1 aliphatic carbocycles. The second-order valence-corrected chi connectivity index (χ2v) is 6.65. The van der Waals surface area contributed by atoms with E-state index in [1.807, 2.05) is 30.3 Å². The van der Waals surface area contributed by atoms with Gasteiger partial charge in [0.15, 0.2) is 0 Å². The first-order chi connectivity index (χ1) is 12.7. The molecule has 0 unspecified atom stereocenters. The Hall–Kier alpha value is -3.02. The van der Waals surface area contributed by atoms with Gasteiger partial charge in [0.1, 0.15) is 0 Å². The highest BCUT2D eigenvalue weighted by molar-refractivity contribution is 6.04. The molecule has 2 amide bonds. The van der Waals surface area contributed by atoms with Gasteiger partial charge in [-0.15, -0.1) is 0 Å². The Morgan fingerprint density at radius 2 is 1.96 bits per heavy atom. The van der Waals surface area contributed by atoms with Gasteiger partial charge < -0.3 is 5.32 Å². The summed E-state index contributed by atoms with van der Waals surface area (Å²) in [6.45, 7) is 0. The van der Waals surface area contributed by atoms with Crippen LogP contribution in [0.3, 0.4) is 0 Å². The zero-order chi connectivity index (χ0) is 17.9. The number of hydrogen-bond donors (Lipinski definition) is 2. The van der Waals surface area contributed by atoms with Gasteiger partial charge in [0, 0.05) is 24.7 Å². The molecule has 6 nitrogen and oxygen atoms in total. The number of hydrogen-bond acceptors (Lipinski definition) is 4. The fourth-order valence-electron chi connectivity index (χ4n) is 3.52. The topological polar surface area (TPSA) is 83.5 Å². The van der Waals surface area contributed by atoms with E-state index in [-0.39, 0.29) is 17.7 Å². The van der Waals surface area contributed by atoms with Gasteiger partial charge in [-0.3, -0.25) is 14.6 Å². The van der Waals surface area contributed by atoms with Crippen LogP contribution in [0.25, 0.3) is 0 Å². The zero-order valence-corrected chi connectivity index (χ0v) is 14.4. The van der Waals surface area contributed by atoms with E-state index in [4.69, 9.17) is 0 Å². The van der Waals surface area contributed by atoms with Crippen molar-refractivity contribution < 1.29 is 9.59 Å². The summed E-state index contributed by atoms with van der Waals surface area (Å²) >= 11 is 0. The van der Waals surface area contributed by atoms with Crippen molar-refractivity contribution in [1.82, 2.24) is 10.4 Å². The van der Waals surface area contributed by atoms with Crippen LogP contribution in [0.1, 0.15) is 48.4 Å². The van der Waals surface area contributed by atoms with Crippen molar-refractivity contribution in [3.8, 4) is 0 Å². The Morgan fingerprint density at radius 1 is 1.12 bits per heavy atom. The van der Waals surface area contributed by atoms with Gasteiger partial charge in [0.25, 0.3) is 0 Å². The second kappa shape index (κ2) is 7.07. The molecule has 4 rings (SSSR count). The van der Waals surface area contributed by atoms with Crippen molar-refractivity contribution in [2.45, 2.75) is 38.0 Å². The molecule has 2 heterocycles. The molecule has 132 valence electrons. The molecule has 1 aliphatic heterocycles. The maximum absolute atomic E-state index is 12.7. The number of hydrazone groups is 1. The number of benzene rings is 1. The fraction of sp³-hybridized carbons (Fsp3) is 0.300. The summed E-state index contributed by atoms with van der Waals surface area (Å²) in [6, 6.07) is 11.6. The SMILES string of the molecule is O=C1CCC(c2ccc(NC(=O)[C@@H]3CCCc4cccnc43)cc2)=NN1. The molecular weight excluding hydrogens is 328 g/mol. The van der Waals surface area contributed by atoms with Crippen molar-refractivity contribution in [2.24, 2.45) is 5.10 Å². The molecule has 1 aromatic carbocycles. The molecule has 2 aromatic rings. The van der Waals surface area contributed by atoms with E-state index in [9.17, 15) is 9.59 Å². The minimum atomic E-state index is -0.197. The van der Waals surface area contributed by atoms with Crippen LogP contribution in [0.2, 0.25) is 0 Å². The lowest BCUT2D eigenvalue weighted by Gasteiger charge is -2.23. The van der Waals surface area contributed by atoms with Gasteiger partial charge in [0.2, 0.25) is 11.8 Å². The third-order valence-corrected chi connectivity index (χ3v) is 4.90. The van der Waals surface area contributed by atoms with Crippen LogP contribution >= 0.6 is 0 Å². The van der Waals surface area contributed by atoms with Crippen molar-refractivity contribution in [2.75, 3.05) is 5.32 Å². The Morgan fingerprint density at radius 3 is 2.73 bits per heavy atom. The van der Waals surface area contributed by atoms with E-state index in [0.717, 1.165) is 41.9 Å². The molecule has 0 bridgehead atoms. The number of nitrogens with zero attached hydrogens (tertiary/aromatic N) is 2. The summed E-state index contributed by atoms with van der Waals surface area (Å²) < 4.78 is 0. The van der Waals surface area contributed by atoms with Crippen LogP contribution in [0, 0.1) is 0 Å². The Kier molecular flexibility index (Phi) is 4.48. The van der Waals surface area contributed by atoms with Gasteiger partial charge in [-0.25, -0.2) is 5.43 Å². The maximum Gasteiger partial charge on any atom is 0.240 e. The third kappa shape index (κ3) is 3.35. The summed E-state index contributed by atoms with van der Waals surface area (Å²) in [4.78, 5) is 28.3. The number of nitrogens with one attached hydrogen (secondary N) is 2. The summed E-state index contributed by atoms with van der Waals surface area (Å²) in [5.74, 6) is -0.267. The highest BCUT2D eigenvalue weighted by atomic mass is 16.2. The lowest BCUT2D eigenvalue weighted by molar-refractivity contribution is -0.121. The van der Waals surface area contributed by atoms with Crippen LogP contribution < -0.4 is 10.7 Å². The van der Waals surface area contributed by atoms with E-state index in [2.05, 4.69) is 26.9 Å². The first-order valence-corrected chi connectivity index (χ1v) is 8.91. The fourth-order valence-corrected chi connectivity index (χ4v) is 3.52. The largest absolute Gasteiger partial charge is 0.326 e. The molecule has 0 saturated heterocycles. The van der Waals surface area contributed by atoms with Gasteiger partial charge in [0.05, 0.1) is 17.3 Å². The molecule has 0 saturated carbocycles. The Bertz CT molecular complexity index is 874. The van der Waals surface area contributed by atoms with Crippen LogP contribution in [-0.2, 0) is 16.0 Å². The average molecular weight is 348 g/mol. The lowest BCUT2D eigenvalue weighted by atomic mass is 9.86. The Labute approximate surface area is 151 Å². The maximum atomic E-state index is 12.7. The van der Waals surface area contributed by atoms with E-state index in [0.29, 0.717) is 12.8 Å². The van der Waals surface area contributed by atoms with Crippen molar-refractivity contribution in [3.63, 3.8) is 0 Å². The van der Waals surface area contributed by atoms with Crippen molar-refractivity contribution >= 4 is 23.2 Å². The summed E-state index contributed by atoms with van der Waals surface area (Å²) in [7, 11) is 0. The molecular formula is C20H20N4O2. The minimum Gasteiger partial charge on any atom is -0.326 e. The van der Waals surface area contributed by atoms with Crippen molar-refractivity contribution in [1.29, 1.82) is 0 Å². The number of carbonyl (C=O) groups excluding carboxylic acids is 2. The van der Waals surface area contributed by atoms with Crippen LogP contribution in [-0.4, -0.2) is 22.5 Å². The van der Waals surface area contributed by atoms with Crippen LogP contribution in [0.4, 0.5) is 5.69 Å². The number of aryl methyl sites for hydroxylation is 1.